The van der Waals surface area contributed by atoms with Crippen molar-refractivity contribution in [2.75, 3.05) is 6.26 Å². The number of nitrogens with two attached hydrogens (primary N) is 2. The van der Waals surface area contributed by atoms with Gasteiger partial charge in [-0.2, -0.15) is 4.99 Å². The molecule has 1 fully saturated rings. The lowest BCUT2D eigenvalue weighted by molar-refractivity contribution is 0.0998. The highest BCUT2D eigenvalue weighted by Crippen LogP contribution is 2.37. The topological polar surface area (TPSA) is 116 Å². The number of benzene rings is 1. The van der Waals surface area contributed by atoms with E-state index in [0.29, 0.717) is 5.56 Å². The number of carbonyl (C=O) groups excluding carboxylic acids is 1. The van der Waals surface area contributed by atoms with E-state index in [2.05, 4.69) is 4.99 Å². The number of carbonyl (C=O) groups is 1. The van der Waals surface area contributed by atoms with Crippen LogP contribution >= 0.6 is 0 Å². The summed E-state index contributed by atoms with van der Waals surface area (Å²) >= 11 is 0. The molecule has 0 bridgehead atoms. The molecule has 0 radical (unpaired) electrons. The molecular formula is C15H20FN3O3S. The molecule has 126 valence electrons. The van der Waals surface area contributed by atoms with Crippen LogP contribution in [0.15, 0.2) is 22.0 Å². The average Bonchev–Trinajstić information content (AvgIpc) is 2.45. The van der Waals surface area contributed by atoms with E-state index in [1.54, 1.807) is 0 Å². The third-order valence-electron chi connectivity index (χ3n) is 4.00. The maximum atomic E-state index is 14.7. The molecule has 4 N–H and O–H groups in total. The molecule has 6 nitrogen and oxygen atoms in total. The van der Waals surface area contributed by atoms with Gasteiger partial charge in [0.05, 0.1) is 5.56 Å². The zero-order valence-corrected chi connectivity index (χ0v) is 13.7. The van der Waals surface area contributed by atoms with E-state index in [1.807, 2.05) is 0 Å². The Morgan fingerprint density at radius 2 is 1.83 bits per heavy atom. The van der Waals surface area contributed by atoms with Gasteiger partial charge in [-0.05, 0) is 30.4 Å². The van der Waals surface area contributed by atoms with E-state index in [4.69, 9.17) is 11.5 Å². The Hall–Kier alpha value is -1.96. The lowest BCUT2D eigenvalue weighted by Gasteiger charge is -2.24. The second-order valence-electron chi connectivity index (χ2n) is 5.79. The van der Waals surface area contributed by atoms with Crippen molar-refractivity contribution in [3.05, 3.63) is 29.1 Å². The second kappa shape index (κ2) is 6.66. The highest BCUT2D eigenvalue weighted by molar-refractivity contribution is 7.90. The summed E-state index contributed by atoms with van der Waals surface area (Å²) < 4.78 is 38.9. The summed E-state index contributed by atoms with van der Waals surface area (Å²) in [6, 6.07) is 2.76. The molecule has 1 aliphatic rings. The molecular weight excluding hydrogens is 321 g/mol. The van der Waals surface area contributed by atoms with Gasteiger partial charge in [0.15, 0.2) is 21.6 Å². The maximum absolute atomic E-state index is 14.7. The number of guanidine groups is 1. The zero-order valence-electron chi connectivity index (χ0n) is 12.9. The van der Waals surface area contributed by atoms with Crippen molar-refractivity contribution in [3.8, 4) is 0 Å². The van der Waals surface area contributed by atoms with Crippen molar-refractivity contribution in [2.24, 2.45) is 16.5 Å². The quantitative estimate of drug-likeness (QED) is 0.641. The van der Waals surface area contributed by atoms with Crippen molar-refractivity contribution >= 4 is 21.7 Å². The Balaban J connectivity index is 2.60. The number of halogens is 1. The molecule has 2 rings (SSSR count). The Morgan fingerprint density at radius 1 is 1.22 bits per heavy atom. The first-order valence-electron chi connectivity index (χ1n) is 7.38. The fraction of sp³-hybridized carbons (Fsp3) is 0.467. The van der Waals surface area contributed by atoms with Gasteiger partial charge in [-0.3, -0.25) is 4.79 Å². The Bertz CT molecular complexity index is 749. The molecule has 8 heteroatoms. The molecule has 1 aliphatic carbocycles. The van der Waals surface area contributed by atoms with Crippen LogP contribution < -0.4 is 11.5 Å². The summed E-state index contributed by atoms with van der Waals surface area (Å²) in [5.74, 6) is -2.60. The van der Waals surface area contributed by atoms with E-state index in [1.165, 1.54) is 12.1 Å². The first-order valence-corrected chi connectivity index (χ1v) is 9.27. The van der Waals surface area contributed by atoms with Crippen molar-refractivity contribution in [2.45, 2.75) is 42.9 Å². The van der Waals surface area contributed by atoms with Gasteiger partial charge in [-0.1, -0.05) is 25.3 Å². The molecule has 0 heterocycles. The van der Waals surface area contributed by atoms with Gasteiger partial charge in [0.2, 0.25) is 0 Å². The fourth-order valence-corrected chi connectivity index (χ4v) is 4.12. The minimum atomic E-state index is -3.84. The van der Waals surface area contributed by atoms with E-state index in [9.17, 15) is 17.6 Å². The third-order valence-corrected chi connectivity index (χ3v) is 5.16. The molecule has 1 aromatic carbocycles. The van der Waals surface area contributed by atoms with Crippen LogP contribution in [0.3, 0.4) is 0 Å². The highest BCUT2D eigenvalue weighted by atomic mass is 32.2. The van der Waals surface area contributed by atoms with Crippen LogP contribution in [0.4, 0.5) is 4.39 Å². The van der Waals surface area contributed by atoms with Gasteiger partial charge >= 0.3 is 0 Å². The van der Waals surface area contributed by atoms with E-state index >= 15 is 0 Å². The summed E-state index contributed by atoms with van der Waals surface area (Å²) in [4.78, 5) is 14.7. The normalized spacial score (nSPS) is 16.1. The summed E-state index contributed by atoms with van der Waals surface area (Å²) in [5.41, 5.74) is 10.2. The Labute approximate surface area is 134 Å². The van der Waals surface area contributed by atoms with Crippen LogP contribution in [0.1, 0.15) is 53.9 Å². The largest absolute Gasteiger partial charge is 0.370 e. The van der Waals surface area contributed by atoms with Gasteiger partial charge in [-0.15, -0.1) is 0 Å². The van der Waals surface area contributed by atoms with Crippen molar-refractivity contribution in [1.29, 1.82) is 0 Å². The number of hydrogen-bond acceptors (Lipinski definition) is 3. The predicted molar refractivity (Wildman–Crippen MR) is 85.5 cm³/mol. The van der Waals surface area contributed by atoms with Crippen molar-refractivity contribution in [1.82, 2.24) is 0 Å². The SMILES string of the molecule is CS(=O)(=O)c1c(C2CCCCC2)ccc(C(=O)N=C(N)N)c1F. The Kier molecular flexibility index (Phi) is 5.03. The number of aliphatic imine (C=N–C) groups is 1. The van der Waals surface area contributed by atoms with Crippen LogP contribution in [-0.4, -0.2) is 26.5 Å². The molecule has 0 spiro atoms. The van der Waals surface area contributed by atoms with Crippen molar-refractivity contribution < 1.29 is 17.6 Å². The maximum Gasteiger partial charge on any atom is 0.283 e. The summed E-state index contributed by atoms with van der Waals surface area (Å²) in [6.07, 6.45) is 5.60. The van der Waals surface area contributed by atoms with Gasteiger partial charge in [0, 0.05) is 6.26 Å². The van der Waals surface area contributed by atoms with Gasteiger partial charge in [0.25, 0.3) is 5.91 Å². The number of rotatable bonds is 3. The summed E-state index contributed by atoms with van der Waals surface area (Å²) in [7, 11) is -3.84. The molecule has 1 saturated carbocycles. The Morgan fingerprint density at radius 3 is 2.35 bits per heavy atom. The lowest BCUT2D eigenvalue weighted by Crippen LogP contribution is -2.24. The molecule has 0 atom stereocenters. The lowest BCUT2D eigenvalue weighted by atomic mass is 9.83. The minimum Gasteiger partial charge on any atom is -0.370 e. The van der Waals surface area contributed by atoms with Crippen LogP contribution in [0.2, 0.25) is 0 Å². The fourth-order valence-electron chi connectivity index (χ4n) is 3.03. The van der Waals surface area contributed by atoms with E-state index in [-0.39, 0.29) is 5.92 Å². The van der Waals surface area contributed by atoms with E-state index < -0.39 is 38.0 Å². The van der Waals surface area contributed by atoms with Gasteiger partial charge < -0.3 is 11.5 Å². The zero-order chi connectivity index (χ0) is 17.2. The molecule has 1 aromatic rings. The van der Waals surface area contributed by atoms with E-state index in [0.717, 1.165) is 38.4 Å². The molecule has 0 saturated heterocycles. The minimum absolute atomic E-state index is 0.0183. The standard InChI is InChI=1S/C15H20FN3O3S/c1-23(21,22)13-10(9-5-3-2-4-6-9)7-8-11(12(13)16)14(20)19-15(17)18/h7-9H,2-6H2,1H3,(H4,17,18,19,20). The number of sulfone groups is 1. The predicted octanol–water partition coefficient (Wildman–Crippen LogP) is 1.69. The van der Waals surface area contributed by atoms with Crippen LogP contribution in [0.5, 0.6) is 0 Å². The number of amides is 1. The monoisotopic (exact) mass is 341 g/mol. The van der Waals surface area contributed by atoms with Crippen LogP contribution in [0, 0.1) is 5.82 Å². The first kappa shape index (κ1) is 17.4. The highest BCUT2D eigenvalue weighted by Gasteiger charge is 2.29. The summed E-state index contributed by atoms with van der Waals surface area (Å²) in [5, 5.41) is 0. The second-order valence-corrected chi connectivity index (χ2v) is 7.75. The third kappa shape index (κ3) is 3.87. The number of nitrogens with zero attached hydrogens (tertiary/aromatic N) is 1. The van der Waals surface area contributed by atoms with Crippen molar-refractivity contribution in [3.63, 3.8) is 0 Å². The number of hydrogen-bond donors (Lipinski definition) is 2. The molecule has 1 amide bonds. The summed E-state index contributed by atoms with van der Waals surface area (Å²) in [6.45, 7) is 0. The smallest absolute Gasteiger partial charge is 0.283 e. The van der Waals surface area contributed by atoms with Crippen LogP contribution in [-0.2, 0) is 9.84 Å². The molecule has 0 aliphatic heterocycles. The van der Waals surface area contributed by atoms with Gasteiger partial charge in [-0.25, -0.2) is 12.8 Å². The van der Waals surface area contributed by atoms with Gasteiger partial charge in [0.1, 0.15) is 4.90 Å². The molecule has 0 unspecified atom stereocenters. The first-order chi connectivity index (χ1) is 10.7. The average molecular weight is 341 g/mol. The molecule has 23 heavy (non-hydrogen) atoms. The molecule has 0 aromatic heterocycles. The van der Waals surface area contributed by atoms with Crippen LogP contribution in [0.25, 0.3) is 0 Å².